The molecule has 0 spiro atoms. The summed E-state index contributed by atoms with van der Waals surface area (Å²) in [5, 5.41) is 10.0. The molecular formula is C10H2Br2N2OS2. The van der Waals surface area contributed by atoms with Crippen LogP contribution in [0.3, 0.4) is 0 Å². The van der Waals surface area contributed by atoms with Crippen molar-refractivity contribution in [2.24, 2.45) is 0 Å². The van der Waals surface area contributed by atoms with Crippen LogP contribution in [-0.2, 0) is 0 Å². The molecule has 0 atom stereocenters. The minimum absolute atomic E-state index is 0.767. The van der Waals surface area contributed by atoms with E-state index in [1.807, 2.05) is 0 Å². The number of rotatable bonds is 0. The fraction of sp³-hybridized carbons (Fsp3) is 0. The van der Waals surface area contributed by atoms with Gasteiger partial charge in [0.1, 0.15) is 0 Å². The van der Waals surface area contributed by atoms with Crippen molar-refractivity contribution in [2.75, 3.05) is 0 Å². The Bertz CT molecular complexity index is 806. The number of nitrogens with zero attached hydrogens (tertiary/aromatic N) is 2. The van der Waals surface area contributed by atoms with Crippen LogP contribution in [0, 0.1) is 0 Å². The van der Waals surface area contributed by atoms with E-state index in [0.717, 1.165) is 28.8 Å². The smallest absolute Gasteiger partial charge is 0.197 e. The summed E-state index contributed by atoms with van der Waals surface area (Å²) in [6.07, 6.45) is 0. The van der Waals surface area contributed by atoms with Gasteiger partial charge in [-0.05, 0) is 44.0 Å². The first kappa shape index (κ1) is 10.4. The molecule has 1 aromatic carbocycles. The molecule has 0 aliphatic rings. The van der Waals surface area contributed by atoms with E-state index in [9.17, 15) is 0 Å². The first-order valence-electron chi connectivity index (χ1n) is 4.66. The van der Waals surface area contributed by atoms with E-state index in [0.29, 0.717) is 0 Å². The molecule has 7 heteroatoms. The van der Waals surface area contributed by atoms with E-state index in [1.54, 1.807) is 22.7 Å². The third-order valence-electron chi connectivity index (χ3n) is 2.60. The quantitative estimate of drug-likeness (QED) is 0.416. The number of hydrogen-bond acceptors (Lipinski definition) is 5. The normalized spacial score (nSPS) is 12.1. The van der Waals surface area contributed by atoms with Crippen molar-refractivity contribution >= 4 is 85.8 Å². The lowest BCUT2D eigenvalue weighted by Crippen LogP contribution is -1.71. The molecule has 0 aliphatic carbocycles. The average molecular weight is 390 g/mol. The van der Waals surface area contributed by atoms with Gasteiger partial charge in [0.05, 0.1) is 12.3 Å². The van der Waals surface area contributed by atoms with Crippen molar-refractivity contribution in [3.63, 3.8) is 0 Å². The van der Waals surface area contributed by atoms with Gasteiger partial charge in [-0.2, -0.15) is 0 Å². The Labute approximate surface area is 120 Å². The molecule has 0 radical (unpaired) electrons. The standard InChI is InChI=1S/C10H2Br2N2OS2/c11-5-1-3-8-7(13-14-15-8)10-4(9(3)16-5)2-6(12)17-10/h1-2H. The molecule has 0 unspecified atom stereocenters. The highest BCUT2D eigenvalue weighted by Gasteiger charge is 2.17. The molecule has 3 nitrogen and oxygen atoms in total. The van der Waals surface area contributed by atoms with E-state index in [2.05, 4.69) is 54.4 Å². The lowest BCUT2D eigenvalue weighted by molar-refractivity contribution is 0.426. The zero-order chi connectivity index (χ0) is 11.6. The molecule has 3 heterocycles. The summed E-state index contributed by atoms with van der Waals surface area (Å²) in [6, 6.07) is 4.18. The summed E-state index contributed by atoms with van der Waals surface area (Å²) in [7, 11) is 0. The van der Waals surface area contributed by atoms with Gasteiger partial charge in [-0.1, -0.05) is 0 Å². The fourth-order valence-electron chi connectivity index (χ4n) is 1.95. The van der Waals surface area contributed by atoms with Crippen LogP contribution >= 0.6 is 54.5 Å². The van der Waals surface area contributed by atoms with Crippen molar-refractivity contribution < 1.29 is 4.52 Å². The second kappa shape index (κ2) is 3.50. The molecule has 4 aromatic rings. The number of aromatic nitrogens is 2. The summed E-state index contributed by atoms with van der Waals surface area (Å²) < 4.78 is 9.78. The van der Waals surface area contributed by atoms with Gasteiger partial charge in [-0.25, -0.2) is 0 Å². The Morgan fingerprint density at radius 2 is 1.71 bits per heavy atom. The predicted molar refractivity (Wildman–Crippen MR) is 78.0 cm³/mol. The maximum Gasteiger partial charge on any atom is 0.197 e. The highest BCUT2D eigenvalue weighted by molar-refractivity contribution is 9.11. The molecule has 0 N–H and O–H groups in total. The van der Waals surface area contributed by atoms with Gasteiger partial charge in [-0.3, -0.25) is 0 Å². The van der Waals surface area contributed by atoms with Gasteiger partial charge in [0.15, 0.2) is 11.1 Å². The number of thiophene rings is 2. The minimum atomic E-state index is 0.767. The Hall–Kier alpha value is -0.500. The maximum absolute atomic E-state index is 5.28. The Kier molecular flexibility index (Phi) is 2.15. The van der Waals surface area contributed by atoms with Crippen LogP contribution in [0.5, 0.6) is 0 Å². The van der Waals surface area contributed by atoms with E-state index in [4.69, 9.17) is 4.52 Å². The Morgan fingerprint density at radius 1 is 1.00 bits per heavy atom. The number of hydrogen-bond donors (Lipinski definition) is 0. The lowest BCUT2D eigenvalue weighted by atomic mass is 10.2. The topological polar surface area (TPSA) is 38.9 Å². The number of benzene rings is 1. The molecule has 0 aliphatic heterocycles. The first-order valence-corrected chi connectivity index (χ1v) is 7.88. The summed E-state index contributed by atoms with van der Waals surface area (Å²) >= 11 is 10.4. The highest BCUT2D eigenvalue weighted by atomic mass is 79.9. The largest absolute Gasteiger partial charge is 0.336 e. The van der Waals surface area contributed by atoms with E-state index >= 15 is 0 Å². The molecule has 0 amide bonds. The molecule has 17 heavy (non-hydrogen) atoms. The van der Waals surface area contributed by atoms with Crippen LogP contribution in [0.15, 0.2) is 24.2 Å². The first-order chi connectivity index (χ1) is 8.24. The van der Waals surface area contributed by atoms with Gasteiger partial charge < -0.3 is 4.52 Å². The summed E-state index contributed by atoms with van der Waals surface area (Å²) in [5.74, 6) is 0. The molecule has 0 fully saturated rings. The number of halogens is 2. The molecule has 0 bridgehead atoms. The average Bonchev–Trinajstić information content (AvgIpc) is 2.91. The van der Waals surface area contributed by atoms with Crippen molar-refractivity contribution in [3.05, 3.63) is 19.7 Å². The summed E-state index contributed by atoms with van der Waals surface area (Å²) in [6.45, 7) is 0. The SMILES string of the molecule is Brc1cc2c3onnc3c3sc(Br)cc3c2s1. The van der Waals surface area contributed by atoms with Crippen LogP contribution in [0.1, 0.15) is 0 Å². The van der Waals surface area contributed by atoms with Gasteiger partial charge >= 0.3 is 0 Å². The van der Waals surface area contributed by atoms with Gasteiger partial charge in [0.25, 0.3) is 0 Å². The predicted octanol–water partition coefficient (Wildman–Crippen LogP) is 5.18. The zero-order valence-corrected chi connectivity index (χ0v) is 12.8. The molecule has 84 valence electrons. The van der Waals surface area contributed by atoms with Gasteiger partial charge in [0.2, 0.25) is 0 Å². The van der Waals surface area contributed by atoms with Crippen LogP contribution in [0.4, 0.5) is 0 Å². The van der Waals surface area contributed by atoms with E-state index in [-0.39, 0.29) is 0 Å². The lowest BCUT2D eigenvalue weighted by Gasteiger charge is -1.92. The second-order valence-electron chi connectivity index (χ2n) is 3.54. The maximum atomic E-state index is 5.28. The van der Waals surface area contributed by atoms with Crippen LogP contribution < -0.4 is 0 Å². The van der Waals surface area contributed by atoms with Gasteiger partial charge in [-0.15, -0.1) is 27.8 Å². The molecule has 3 aromatic heterocycles. The summed E-state index contributed by atoms with van der Waals surface area (Å²) in [4.78, 5) is 0. The summed E-state index contributed by atoms with van der Waals surface area (Å²) in [5.41, 5.74) is 1.61. The highest BCUT2D eigenvalue weighted by Crippen LogP contribution is 2.44. The van der Waals surface area contributed by atoms with Crippen molar-refractivity contribution in [1.82, 2.24) is 10.4 Å². The monoisotopic (exact) mass is 388 g/mol. The third kappa shape index (κ3) is 1.36. The molecule has 0 saturated heterocycles. The van der Waals surface area contributed by atoms with E-state index in [1.165, 1.54) is 10.1 Å². The Balaban J connectivity index is 2.46. The fourth-order valence-corrected chi connectivity index (χ4v) is 5.22. The molecule has 4 rings (SSSR count). The second-order valence-corrected chi connectivity index (χ2v) is 8.40. The number of fused-ring (bicyclic) bond motifs is 6. The van der Waals surface area contributed by atoms with E-state index < -0.39 is 0 Å². The molecule has 0 saturated carbocycles. The zero-order valence-electron chi connectivity index (χ0n) is 8.03. The van der Waals surface area contributed by atoms with Crippen molar-refractivity contribution in [3.8, 4) is 0 Å². The van der Waals surface area contributed by atoms with Crippen LogP contribution in [0.2, 0.25) is 0 Å². The van der Waals surface area contributed by atoms with Crippen molar-refractivity contribution in [2.45, 2.75) is 0 Å². The Morgan fingerprint density at radius 3 is 2.53 bits per heavy atom. The van der Waals surface area contributed by atoms with Crippen LogP contribution in [0.25, 0.3) is 31.3 Å². The third-order valence-corrected chi connectivity index (χ3v) is 5.91. The van der Waals surface area contributed by atoms with Gasteiger partial charge in [0, 0.05) is 20.7 Å². The minimum Gasteiger partial charge on any atom is -0.336 e. The van der Waals surface area contributed by atoms with Crippen LogP contribution in [-0.4, -0.2) is 10.4 Å². The molecular weight excluding hydrogens is 388 g/mol. The van der Waals surface area contributed by atoms with Crippen molar-refractivity contribution in [1.29, 1.82) is 0 Å².